The molecular formula is C19H29NO3. The molecule has 1 unspecified atom stereocenters. The van der Waals surface area contributed by atoms with Gasteiger partial charge in [0, 0.05) is 42.3 Å². The van der Waals surface area contributed by atoms with E-state index in [1.54, 1.807) is 4.90 Å². The number of nitrogens with zero attached hydrogens (tertiary/aromatic N) is 1. The second-order valence-corrected chi connectivity index (χ2v) is 8.65. The Labute approximate surface area is 139 Å². The maximum absolute atomic E-state index is 12.3. The molecule has 0 saturated carbocycles. The van der Waals surface area contributed by atoms with Gasteiger partial charge < -0.3 is 15.1 Å². The number of rotatable bonds is 2. The van der Waals surface area contributed by atoms with Gasteiger partial charge in [0.25, 0.3) is 0 Å². The van der Waals surface area contributed by atoms with Crippen molar-refractivity contribution in [2.24, 2.45) is 5.92 Å². The molecule has 2 rings (SSSR count). The number of anilines is 1. The molecular weight excluding hydrogens is 290 g/mol. The normalized spacial score (nSPS) is 19.5. The van der Waals surface area contributed by atoms with Crippen LogP contribution in [0.3, 0.4) is 0 Å². The molecule has 1 amide bonds. The second-order valence-electron chi connectivity index (χ2n) is 8.65. The Morgan fingerprint density at radius 3 is 1.91 bits per heavy atom. The minimum Gasteiger partial charge on any atom is -0.507 e. The van der Waals surface area contributed by atoms with E-state index in [1.165, 1.54) is 0 Å². The third-order valence-electron chi connectivity index (χ3n) is 4.49. The average molecular weight is 319 g/mol. The summed E-state index contributed by atoms with van der Waals surface area (Å²) in [6, 6.07) is 3.84. The molecule has 1 fully saturated rings. The molecule has 1 aliphatic heterocycles. The van der Waals surface area contributed by atoms with Gasteiger partial charge in [-0.25, -0.2) is 0 Å². The average Bonchev–Trinajstić information content (AvgIpc) is 2.77. The van der Waals surface area contributed by atoms with Gasteiger partial charge in [-0.2, -0.15) is 0 Å². The number of hydrogen-bond donors (Lipinski definition) is 2. The number of phenols is 1. The van der Waals surface area contributed by atoms with Crippen LogP contribution >= 0.6 is 0 Å². The van der Waals surface area contributed by atoms with Gasteiger partial charge >= 0.3 is 0 Å². The molecule has 1 aliphatic rings. The van der Waals surface area contributed by atoms with E-state index in [0.717, 1.165) is 16.8 Å². The number of carbonyl (C=O) groups excluding carboxylic acids is 1. The number of carbonyl (C=O) groups is 1. The van der Waals surface area contributed by atoms with Crippen molar-refractivity contribution in [3.05, 3.63) is 23.3 Å². The number of phenolic OH excluding ortho intramolecular Hbond substituents is 1. The highest BCUT2D eigenvalue weighted by molar-refractivity contribution is 5.96. The topological polar surface area (TPSA) is 60.8 Å². The van der Waals surface area contributed by atoms with Gasteiger partial charge in [0.1, 0.15) is 5.75 Å². The predicted molar refractivity (Wildman–Crippen MR) is 93.1 cm³/mol. The molecule has 1 saturated heterocycles. The largest absolute Gasteiger partial charge is 0.507 e. The Bertz CT molecular complexity index is 573. The van der Waals surface area contributed by atoms with E-state index in [-0.39, 0.29) is 29.3 Å². The molecule has 1 atom stereocenters. The van der Waals surface area contributed by atoms with Crippen LogP contribution in [-0.2, 0) is 15.6 Å². The summed E-state index contributed by atoms with van der Waals surface area (Å²) in [6.07, 6.45) is 0.382. The monoisotopic (exact) mass is 319 g/mol. The number of aromatic hydroxyl groups is 1. The van der Waals surface area contributed by atoms with Gasteiger partial charge in [-0.1, -0.05) is 41.5 Å². The van der Waals surface area contributed by atoms with Crippen LogP contribution in [0.25, 0.3) is 0 Å². The molecule has 23 heavy (non-hydrogen) atoms. The van der Waals surface area contributed by atoms with Crippen molar-refractivity contribution in [1.29, 1.82) is 0 Å². The quantitative estimate of drug-likeness (QED) is 0.879. The lowest BCUT2D eigenvalue weighted by Gasteiger charge is -2.30. The van der Waals surface area contributed by atoms with Crippen LogP contribution in [0.5, 0.6) is 5.75 Å². The highest BCUT2D eigenvalue weighted by atomic mass is 16.3. The van der Waals surface area contributed by atoms with Crippen LogP contribution in [0.4, 0.5) is 5.69 Å². The summed E-state index contributed by atoms with van der Waals surface area (Å²) in [4.78, 5) is 14.0. The standard InChI is InChI=1S/C19H29NO3/c1-18(2,3)14-8-13(9-15(17(14)23)19(4,5)6)20-10-12(11-21)7-16(20)22/h8-9,12,21,23H,7,10-11H2,1-6H3. The van der Waals surface area contributed by atoms with E-state index in [2.05, 4.69) is 41.5 Å². The number of benzene rings is 1. The molecule has 0 aliphatic carbocycles. The van der Waals surface area contributed by atoms with Crippen molar-refractivity contribution in [2.75, 3.05) is 18.1 Å². The maximum atomic E-state index is 12.3. The second kappa shape index (κ2) is 5.82. The van der Waals surface area contributed by atoms with Crippen molar-refractivity contribution in [2.45, 2.75) is 58.8 Å². The zero-order valence-electron chi connectivity index (χ0n) is 15.1. The fraction of sp³-hybridized carbons (Fsp3) is 0.632. The van der Waals surface area contributed by atoms with Crippen LogP contribution in [0, 0.1) is 5.92 Å². The fourth-order valence-electron chi connectivity index (χ4n) is 3.07. The summed E-state index contributed by atoms with van der Waals surface area (Å²) in [6.45, 7) is 12.9. The molecule has 2 N–H and O–H groups in total. The highest BCUT2D eigenvalue weighted by Gasteiger charge is 2.33. The van der Waals surface area contributed by atoms with E-state index in [1.807, 2.05) is 12.1 Å². The lowest BCUT2D eigenvalue weighted by Crippen LogP contribution is -2.27. The third kappa shape index (κ3) is 3.52. The third-order valence-corrected chi connectivity index (χ3v) is 4.49. The molecule has 4 nitrogen and oxygen atoms in total. The number of amides is 1. The van der Waals surface area contributed by atoms with Crippen LogP contribution in [0.1, 0.15) is 59.1 Å². The van der Waals surface area contributed by atoms with E-state index in [0.29, 0.717) is 18.7 Å². The highest BCUT2D eigenvalue weighted by Crippen LogP contribution is 2.42. The van der Waals surface area contributed by atoms with Gasteiger partial charge in [-0.3, -0.25) is 4.79 Å². The van der Waals surface area contributed by atoms with E-state index >= 15 is 0 Å². The summed E-state index contributed by atoms with van der Waals surface area (Å²) in [5.41, 5.74) is 2.07. The molecule has 0 bridgehead atoms. The first-order valence-corrected chi connectivity index (χ1v) is 8.24. The summed E-state index contributed by atoms with van der Waals surface area (Å²) in [5, 5.41) is 20.1. The van der Waals surface area contributed by atoms with Gasteiger partial charge in [0.05, 0.1) is 0 Å². The Balaban J connectivity index is 2.59. The molecule has 1 aromatic rings. The minimum absolute atomic E-state index is 0.00697. The van der Waals surface area contributed by atoms with Crippen LogP contribution in [0.15, 0.2) is 12.1 Å². The van der Waals surface area contributed by atoms with Gasteiger partial charge in [0.2, 0.25) is 5.91 Å². The fourth-order valence-corrected chi connectivity index (χ4v) is 3.07. The molecule has 128 valence electrons. The summed E-state index contributed by atoms with van der Waals surface area (Å²) in [7, 11) is 0. The van der Waals surface area contributed by atoms with Crippen LogP contribution < -0.4 is 4.90 Å². The number of aliphatic hydroxyl groups excluding tert-OH is 1. The first-order chi connectivity index (χ1) is 10.4. The van der Waals surface area contributed by atoms with Gasteiger partial charge in [0.15, 0.2) is 0 Å². The maximum Gasteiger partial charge on any atom is 0.227 e. The Morgan fingerprint density at radius 2 is 1.57 bits per heavy atom. The smallest absolute Gasteiger partial charge is 0.227 e. The molecule has 0 spiro atoms. The number of hydrogen-bond acceptors (Lipinski definition) is 3. The predicted octanol–water partition coefficient (Wildman–Crippen LogP) is 3.33. The number of aliphatic hydroxyl groups is 1. The molecule has 1 heterocycles. The first kappa shape index (κ1) is 17.8. The summed E-state index contributed by atoms with van der Waals surface area (Å²) < 4.78 is 0. The molecule has 0 aromatic heterocycles. The van der Waals surface area contributed by atoms with Crippen LogP contribution in [-0.4, -0.2) is 29.3 Å². The van der Waals surface area contributed by atoms with Crippen molar-refractivity contribution in [1.82, 2.24) is 0 Å². The van der Waals surface area contributed by atoms with E-state index in [4.69, 9.17) is 0 Å². The zero-order chi connectivity index (χ0) is 17.6. The molecule has 0 radical (unpaired) electrons. The SMILES string of the molecule is CC(C)(C)c1cc(N2CC(CO)CC2=O)cc(C(C)(C)C)c1O. The van der Waals surface area contributed by atoms with Crippen molar-refractivity contribution in [3.8, 4) is 5.75 Å². The van der Waals surface area contributed by atoms with Crippen molar-refractivity contribution in [3.63, 3.8) is 0 Å². The lowest BCUT2D eigenvalue weighted by molar-refractivity contribution is -0.117. The molecule has 4 heteroatoms. The molecule has 1 aromatic carbocycles. The Morgan fingerprint density at radius 1 is 1.09 bits per heavy atom. The van der Waals surface area contributed by atoms with Crippen molar-refractivity contribution >= 4 is 11.6 Å². The van der Waals surface area contributed by atoms with E-state index < -0.39 is 0 Å². The zero-order valence-corrected chi connectivity index (χ0v) is 15.1. The van der Waals surface area contributed by atoms with E-state index in [9.17, 15) is 15.0 Å². The summed E-state index contributed by atoms with van der Waals surface area (Å²) >= 11 is 0. The lowest BCUT2D eigenvalue weighted by atomic mass is 9.79. The Kier molecular flexibility index (Phi) is 4.51. The Hall–Kier alpha value is -1.55. The minimum atomic E-state index is -0.223. The van der Waals surface area contributed by atoms with Crippen molar-refractivity contribution < 1.29 is 15.0 Å². The van der Waals surface area contributed by atoms with Crippen LogP contribution in [0.2, 0.25) is 0 Å². The van der Waals surface area contributed by atoms with Gasteiger partial charge in [-0.15, -0.1) is 0 Å². The first-order valence-electron chi connectivity index (χ1n) is 8.24. The summed E-state index contributed by atoms with van der Waals surface area (Å²) in [5.74, 6) is 0.348. The van der Waals surface area contributed by atoms with Gasteiger partial charge in [-0.05, 0) is 23.0 Å².